The molecule has 0 fully saturated rings. The van der Waals surface area contributed by atoms with Crippen molar-refractivity contribution in [3.8, 4) is 17.4 Å². The molecule has 0 spiro atoms. The van der Waals surface area contributed by atoms with Gasteiger partial charge in [-0.2, -0.15) is 0 Å². The maximum Gasteiger partial charge on any atom is 0.237 e. The van der Waals surface area contributed by atoms with Crippen LogP contribution in [0.15, 0.2) is 55.0 Å². The zero-order chi connectivity index (χ0) is 12.4. The fourth-order valence-corrected chi connectivity index (χ4v) is 1.73. The van der Waals surface area contributed by atoms with Crippen LogP contribution in [0.25, 0.3) is 10.8 Å². The molecule has 18 heavy (non-hydrogen) atoms. The summed E-state index contributed by atoms with van der Waals surface area (Å²) in [5.74, 6) is 1.34. The van der Waals surface area contributed by atoms with E-state index in [1.54, 1.807) is 30.7 Å². The highest BCUT2D eigenvalue weighted by atomic mass is 16.5. The highest BCUT2D eigenvalue weighted by molar-refractivity contribution is 5.85. The first-order valence-corrected chi connectivity index (χ1v) is 5.48. The number of fused-ring (bicyclic) bond motifs is 1. The number of aromatic hydroxyl groups is 1. The lowest BCUT2D eigenvalue weighted by Gasteiger charge is -2.05. The molecule has 0 bridgehead atoms. The lowest BCUT2D eigenvalue weighted by Crippen LogP contribution is -1.88. The zero-order valence-electron chi connectivity index (χ0n) is 9.45. The van der Waals surface area contributed by atoms with Crippen molar-refractivity contribution in [2.24, 2.45) is 0 Å². The Morgan fingerprint density at radius 2 is 1.83 bits per heavy atom. The molecule has 4 nitrogen and oxygen atoms in total. The number of aromatic nitrogens is 2. The van der Waals surface area contributed by atoms with Crippen molar-refractivity contribution in [1.29, 1.82) is 0 Å². The standard InChI is InChI=1S/C14H10N2O2/c17-12-3-1-10-2-4-13(8-11(10)7-12)18-14-9-15-5-6-16-14/h1-9,17H. The van der Waals surface area contributed by atoms with Gasteiger partial charge in [0.1, 0.15) is 11.5 Å². The van der Waals surface area contributed by atoms with Crippen molar-refractivity contribution in [2.45, 2.75) is 0 Å². The first-order chi connectivity index (χ1) is 8.81. The summed E-state index contributed by atoms with van der Waals surface area (Å²) >= 11 is 0. The Balaban J connectivity index is 1.98. The van der Waals surface area contributed by atoms with E-state index in [0.717, 1.165) is 10.8 Å². The predicted molar refractivity (Wildman–Crippen MR) is 67.7 cm³/mol. The molecule has 1 aromatic heterocycles. The molecule has 0 aliphatic rings. The van der Waals surface area contributed by atoms with Crippen LogP contribution >= 0.6 is 0 Å². The molecule has 0 saturated carbocycles. The molecule has 4 heteroatoms. The third-order valence-corrected chi connectivity index (χ3v) is 2.56. The van der Waals surface area contributed by atoms with Gasteiger partial charge >= 0.3 is 0 Å². The third kappa shape index (κ3) is 2.08. The molecule has 1 heterocycles. The lowest BCUT2D eigenvalue weighted by atomic mass is 10.1. The van der Waals surface area contributed by atoms with E-state index >= 15 is 0 Å². The van der Waals surface area contributed by atoms with Crippen molar-refractivity contribution in [2.75, 3.05) is 0 Å². The summed E-state index contributed by atoms with van der Waals surface area (Å²) in [6.45, 7) is 0. The topological polar surface area (TPSA) is 55.2 Å². The Labute approximate surface area is 104 Å². The summed E-state index contributed by atoms with van der Waals surface area (Å²) in [5, 5.41) is 11.4. The molecular weight excluding hydrogens is 228 g/mol. The van der Waals surface area contributed by atoms with Crippen molar-refractivity contribution < 1.29 is 9.84 Å². The van der Waals surface area contributed by atoms with E-state index in [1.807, 2.05) is 24.3 Å². The minimum Gasteiger partial charge on any atom is -0.508 e. The van der Waals surface area contributed by atoms with Gasteiger partial charge in [0, 0.05) is 12.4 Å². The molecule has 0 unspecified atom stereocenters. The minimum atomic E-state index is 0.235. The maximum atomic E-state index is 9.45. The van der Waals surface area contributed by atoms with E-state index in [1.165, 1.54) is 0 Å². The fourth-order valence-electron chi connectivity index (χ4n) is 1.73. The quantitative estimate of drug-likeness (QED) is 0.745. The van der Waals surface area contributed by atoms with Gasteiger partial charge in [0.15, 0.2) is 0 Å². The SMILES string of the molecule is Oc1ccc2ccc(Oc3cnccn3)cc2c1. The number of rotatable bonds is 2. The molecule has 88 valence electrons. The lowest BCUT2D eigenvalue weighted by molar-refractivity contribution is 0.460. The Morgan fingerprint density at radius 1 is 0.944 bits per heavy atom. The Kier molecular flexibility index (Phi) is 2.53. The average Bonchev–Trinajstić information content (AvgIpc) is 2.39. The van der Waals surface area contributed by atoms with E-state index in [9.17, 15) is 5.11 Å². The van der Waals surface area contributed by atoms with Gasteiger partial charge in [-0.15, -0.1) is 0 Å². The van der Waals surface area contributed by atoms with E-state index in [0.29, 0.717) is 11.6 Å². The maximum absolute atomic E-state index is 9.45. The summed E-state index contributed by atoms with van der Waals surface area (Å²) in [6, 6.07) is 10.8. The molecule has 0 atom stereocenters. The Hall–Kier alpha value is -2.62. The van der Waals surface area contributed by atoms with E-state index in [-0.39, 0.29) is 5.75 Å². The monoisotopic (exact) mass is 238 g/mol. The molecule has 3 rings (SSSR count). The van der Waals surface area contributed by atoms with Crippen LogP contribution in [0.5, 0.6) is 17.4 Å². The van der Waals surface area contributed by atoms with Gasteiger partial charge in [-0.25, -0.2) is 4.98 Å². The largest absolute Gasteiger partial charge is 0.508 e. The second kappa shape index (κ2) is 4.33. The second-order valence-electron chi connectivity index (χ2n) is 3.84. The van der Waals surface area contributed by atoms with Gasteiger partial charge in [0.05, 0.1) is 6.20 Å². The van der Waals surface area contributed by atoms with Crippen LogP contribution in [-0.4, -0.2) is 15.1 Å². The third-order valence-electron chi connectivity index (χ3n) is 2.56. The van der Waals surface area contributed by atoms with Crippen LogP contribution in [0.1, 0.15) is 0 Å². The smallest absolute Gasteiger partial charge is 0.237 e. The normalized spacial score (nSPS) is 10.4. The summed E-state index contributed by atoms with van der Waals surface area (Å²) in [5.41, 5.74) is 0. The van der Waals surface area contributed by atoms with Crippen LogP contribution in [0, 0.1) is 0 Å². The van der Waals surface area contributed by atoms with Crippen LogP contribution in [0.3, 0.4) is 0 Å². The molecule has 2 aromatic carbocycles. The van der Waals surface area contributed by atoms with E-state index in [2.05, 4.69) is 9.97 Å². The average molecular weight is 238 g/mol. The number of hydrogen-bond donors (Lipinski definition) is 1. The van der Waals surface area contributed by atoms with Gasteiger partial charge in [0.2, 0.25) is 5.88 Å². The summed E-state index contributed by atoms with van der Waals surface area (Å²) in [6.07, 6.45) is 4.71. The highest BCUT2D eigenvalue weighted by Gasteiger charge is 2.01. The van der Waals surface area contributed by atoms with Crippen LogP contribution in [0.4, 0.5) is 0 Å². The molecule has 3 aromatic rings. The first kappa shape index (κ1) is 10.5. The fraction of sp³-hybridized carbons (Fsp3) is 0. The molecule has 0 amide bonds. The first-order valence-electron chi connectivity index (χ1n) is 5.48. The van der Waals surface area contributed by atoms with E-state index in [4.69, 9.17) is 4.74 Å². The van der Waals surface area contributed by atoms with Crippen molar-refractivity contribution >= 4 is 10.8 Å². The van der Waals surface area contributed by atoms with E-state index < -0.39 is 0 Å². The zero-order valence-corrected chi connectivity index (χ0v) is 9.45. The number of nitrogens with zero attached hydrogens (tertiary/aromatic N) is 2. The van der Waals surface area contributed by atoms with Crippen molar-refractivity contribution in [3.05, 3.63) is 55.0 Å². The van der Waals surface area contributed by atoms with Crippen LogP contribution in [0.2, 0.25) is 0 Å². The number of ether oxygens (including phenoxy) is 1. The minimum absolute atomic E-state index is 0.235. The van der Waals surface area contributed by atoms with Gasteiger partial charge < -0.3 is 9.84 Å². The Morgan fingerprint density at radius 3 is 2.67 bits per heavy atom. The molecular formula is C14H10N2O2. The molecule has 0 radical (unpaired) electrons. The highest BCUT2D eigenvalue weighted by Crippen LogP contribution is 2.26. The summed E-state index contributed by atoms with van der Waals surface area (Å²) in [4.78, 5) is 7.97. The summed E-state index contributed by atoms with van der Waals surface area (Å²) in [7, 11) is 0. The number of phenolic OH excluding ortho intramolecular Hbond substituents is 1. The van der Waals surface area contributed by atoms with Crippen molar-refractivity contribution in [3.63, 3.8) is 0 Å². The van der Waals surface area contributed by atoms with Crippen LogP contribution < -0.4 is 4.74 Å². The van der Waals surface area contributed by atoms with Gasteiger partial charge in [0.25, 0.3) is 0 Å². The molecule has 0 aliphatic heterocycles. The number of phenols is 1. The Bertz CT molecular complexity index is 684. The van der Waals surface area contributed by atoms with Gasteiger partial charge in [-0.05, 0) is 35.0 Å². The number of hydrogen-bond acceptors (Lipinski definition) is 4. The van der Waals surface area contributed by atoms with Gasteiger partial charge in [-0.3, -0.25) is 4.98 Å². The molecule has 0 aliphatic carbocycles. The second-order valence-corrected chi connectivity index (χ2v) is 3.84. The van der Waals surface area contributed by atoms with Crippen LogP contribution in [-0.2, 0) is 0 Å². The van der Waals surface area contributed by atoms with Crippen molar-refractivity contribution in [1.82, 2.24) is 9.97 Å². The molecule has 0 saturated heterocycles. The van der Waals surface area contributed by atoms with Gasteiger partial charge in [-0.1, -0.05) is 12.1 Å². The molecule has 1 N–H and O–H groups in total. The summed E-state index contributed by atoms with van der Waals surface area (Å²) < 4.78 is 5.57. The number of benzene rings is 2. The predicted octanol–water partition coefficient (Wildman–Crippen LogP) is 3.13.